The zero-order valence-electron chi connectivity index (χ0n) is 9.22. The first kappa shape index (κ1) is 12.4. The second-order valence-corrected chi connectivity index (χ2v) is 4.71. The molecule has 2 N–H and O–H groups in total. The molecule has 0 aliphatic rings. The first-order chi connectivity index (χ1) is 5.79. The molecule has 0 bridgehead atoms. The Morgan fingerprint density at radius 1 is 1.46 bits per heavy atom. The molecule has 3 heteroatoms. The van der Waals surface area contributed by atoms with Crippen LogP contribution in [0.5, 0.6) is 0 Å². The lowest BCUT2D eigenvalue weighted by molar-refractivity contribution is -0.138. The Labute approximate surface area is 80.5 Å². The van der Waals surface area contributed by atoms with Gasteiger partial charge >= 0.3 is 5.97 Å². The van der Waals surface area contributed by atoms with Crippen molar-refractivity contribution in [3.63, 3.8) is 0 Å². The topological polar surface area (TPSA) is 49.3 Å². The number of carboxylic acid groups (broad SMARTS) is 1. The molecule has 0 aliphatic heterocycles. The highest BCUT2D eigenvalue weighted by molar-refractivity contribution is 5.67. The molecule has 0 saturated heterocycles. The Hall–Kier alpha value is -0.570. The largest absolute Gasteiger partial charge is 0.481 e. The average molecular weight is 187 g/mol. The van der Waals surface area contributed by atoms with Gasteiger partial charge in [0.1, 0.15) is 0 Å². The summed E-state index contributed by atoms with van der Waals surface area (Å²) in [6.07, 6.45) is 0.225. The number of nitrogens with one attached hydrogen (secondary N) is 1. The standard InChI is InChI=1S/C10H21NO2/c1-7(6-8(12)13)9(11-5)10(2,3)4/h7,9,11H,6H2,1-5H3,(H,12,13). The van der Waals surface area contributed by atoms with Gasteiger partial charge < -0.3 is 10.4 Å². The highest BCUT2D eigenvalue weighted by Gasteiger charge is 2.29. The molecule has 0 amide bonds. The third-order valence-electron chi connectivity index (χ3n) is 2.31. The fourth-order valence-corrected chi connectivity index (χ4v) is 1.96. The maximum Gasteiger partial charge on any atom is 0.303 e. The van der Waals surface area contributed by atoms with Crippen molar-refractivity contribution in [1.29, 1.82) is 0 Å². The monoisotopic (exact) mass is 187 g/mol. The second-order valence-electron chi connectivity index (χ2n) is 4.71. The van der Waals surface area contributed by atoms with Gasteiger partial charge in [0.15, 0.2) is 0 Å². The van der Waals surface area contributed by atoms with Gasteiger partial charge in [0, 0.05) is 12.5 Å². The van der Waals surface area contributed by atoms with Gasteiger partial charge in [0.25, 0.3) is 0 Å². The van der Waals surface area contributed by atoms with Crippen LogP contribution in [0.25, 0.3) is 0 Å². The Balaban J connectivity index is 4.32. The van der Waals surface area contributed by atoms with Crippen LogP contribution in [0.2, 0.25) is 0 Å². The number of hydrogen-bond acceptors (Lipinski definition) is 2. The summed E-state index contributed by atoms with van der Waals surface area (Å²) in [5.74, 6) is -0.570. The molecule has 3 nitrogen and oxygen atoms in total. The van der Waals surface area contributed by atoms with Gasteiger partial charge in [0.05, 0.1) is 0 Å². The van der Waals surface area contributed by atoms with Crippen LogP contribution >= 0.6 is 0 Å². The molecule has 0 heterocycles. The van der Waals surface area contributed by atoms with Crippen LogP contribution in [-0.4, -0.2) is 24.2 Å². The molecule has 13 heavy (non-hydrogen) atoms. The minimum Gasteiger partial charge on any atom is -0.481 e. The summed E-state index contributed by atoms with van der Waals surface area (Å²) in [4.78, 5) is 10.5. The van der Waals surface area contributed by atoms with Crippen LogP contribution in [0.15, 0.2) is 0 Å². The average Bonchev–Trinajstić information content (AvgIpc) is 1.82. The predicted octanol–water partition coefficient (Wildman–Crippen LogP) is 1.73. The van der Waals surface area contributed by atoms with Crippen molar-refractivity contribution in [3.05, 3.63) is 0 Å². The summed E-state index contributed by atoms with van der Waals surface area (Å²) in [5, 5.41) is 11.9. The molecule has 2 atom stereocenters. The van der Waals surface area contributed by atoms with Gasteiger partial charge in [-0.15, -0.1) is 0 Å². The van der Waals surface area contributed by atoms with Gasteiger partial charge in [-0.05, 0) is 18.4 Å². The Morgan fingerprint density at radius 3 is 2.15 bits per heavy atom. The zero-order chi connectivity index (χ0) is 10.6. The molecule has 78 valence electrons. The number of carboxylic acids is 1. The van der Waals surface area contributed by atoms with Crippen molar-refractivity contribution in [1.82, 2.24) is 5.32 Å². The van der Waals surface area contributed by atoms with E-state index in [1.54, 1.807) is 0 Å². The van der Waals surface area contributed by atoms with Crippen LogP contribution in [0.1, 0.15) is 34.1 Å². The summed E-state index contributed by atoms with van der Waals surface area (Å²) < 4.78 is 0. The first-order valence-corrected chi connectivity index (χ1v) is 4.68. The third-order valence-corrected chi connectivity index (χ3v) is 2.31. The fourth-order valence-electron chi connectivity index (χ4n) is 1.96. The molecular weight excluding hydrogens is 166 g/mol. The first-order valence-electron chi connectivity index (χ1n) is 4.68. The van der Waals surface area contributed by atoms with Crippen molar-refractivity contribution in [2.45, 2.75) is 40.2 Å². The van der Waals surface area contributed by atoms with E-state index in [9.17, 15) is 4.79 Å². The molecule has 0 saturated carbocycles. The van der Waals surface area contributed by atoms with Gasteiger partial charge in [-0.1, -0.05) is 27.7 Å². The number of hydrogen-bond donors (Lipinski definition) is 2. The lowest BCUT2D eigenvalue weighted by Crippen LogP contribution is -2.43. The highest BCUT2D eigenvalue weighted by atomic mass is 16.4. The molecule has 0 spiro atoms. The summed E-state index contributed by atoms with van der Waals surface area (Å²) in [7, 11) is 1.88. The second kappa shape index (κ2) is 4.61. The van der Waals surface area contributed by atoms with Crippen LogP contribution in [0, 0.1) is 11.3 Å². The number of rotatable bonds is 4. The number of aliphatic carboxylic acids is 1. The van der Waals surface area contributed by atoms with E-state index in [-0.39, 0.29) is 23.8 Å². The Morgan fingerprint density at radius 2 is 1.92 bits per heavy atom. The molecule has 0 fully saturated rings. The normalized spacial score (nSPS) is 16.7. The van der Waals surface area contributed by atoms with Crippen molar-refractivity contribution in [2.24, 2.45) is 11.3 Å². The van der Waals surface area contributed by atoms with E-state index in [1.807, 2.05) is 14.0 Å². The molecule has 0 aliphatic carbocycles. The molecule has 0 radical (unpaired) electrons. The van der Waals surface area contributed by atoms with Gasteiger partial charge in [0.2, 0.25) is 0 Å². The van der Waals surface area contributed by atoms with E-state index in [0.717, 1.165) is 0 Å². The van der Waals surface area contributed by atoms with Crippen molar-refractivity contribution >= 4 is 5.97 Å². The minimum absolute atomic E-state index is 0.101. The van der Waals surface area contributed by atoms with E-state index in [4.69, 9.17) is 5.11 Å². The van der Waals surface area contributed by atoms with Gasteiger partial charge in [-0.3, -0.25) is 4.79 Å². The lowest BCUT2D eigenvalue weighted by Gasteiger charge is -2.34. The quantitative estimate of drug-likeness (QED) is 0.704. The van der Waals surface area contributed by atoms with Crippen molar-refractivity contribution in [2.75, 3.05) is 7.05 Å². The van der Waals surface area contributed by atoms with Gasteiger partial charge in [-0.25, -0.2) is 0 Å². The van der Waals surface area contributed by atoms with E-state index >= 15 is 0 Å². The summed E-state index contributed by atoms with van der Waals surface area (Å²) in [6, 6.07) is 0.239. The summed E-state index contributed by atoms with van der Waals surface area (Å²) in [5.41, 5.74) is 0.101. The molecule has 0 aromatic heterocycles. The number of carbonyl (C=O) groups is 1. The molecular formula is C10H21NO2. The Kier molecular flexibility index (Phi) is 4.40. The predicted molar refractivity (Wildman–Crippen MR) is 53.7 cm³/mol. The highest BCUT2D eigenvalue weighted by Crippen LogP contribution is 2.26. The smallest absolute Gasteiger partial charge is 0.303 e. The minimum atomic E-state index is -0.725. The van der Waals surface area contributed by atoms with Gasteiger partial charge in [-0.2, -0.15) is 0 Å². The molecule has 0 aromatic rings. The maximum atomic E-state index is 10.5. The SMILES string of the molecule is CNC(C(C)CC(=O)O)C(C)(C)C. The van der Waals surface area contributed by atoms with Crippen LogP contribution in [-0.2, 0) is 4.79 Å². The van der Waals surface area contributed by atoms with E-state index < -0.39 is 5.97 Å². The van der Waals surface area contributed by atoms with Crippen LogP contribution in [0.4, 0.5) is 0 Å². The summed E-state index contributed by atoms with van der Waals surface area (Å²) >= 11 is 0. The molecule has 2 unspecified atom stereocenters. The zero-order valence-corrected chi connectivity index (χ0v) is 9.22. The molecule has 0 aromatic carbocycles. The van der Waals surface area contributed by atoms with E-state index in [1.165, 1.54) is 0 Å². The third kappa shape index (κ3) is 4.27. The van der Waals surface area contributed by atoms with E-state index in [2.05, 4.69) is 26.1 Å². The van der Waals surface area contributed by atoms with Crippen molar-refractivity contribution < 1.29 is 9.90 Å². The summed E-state index contributed by atoms with van der Waals surface area (Å²) in [6.45, 7) is 8.33. The fraction of sp³-hybridized carbons (Fsp3) is 0.900. The Bertz CT molecular complexity index is 172. The van der Waals surface area contributed by atoms with Crippen molar-refractivity contribution in [3.8, 4) is 0 Å². The van der Waals surface area contributed by atoms with E-state index in [0.29, 0.717) is 0 Å². The maximum absolute atomic E-state index is 10.5. The molecule has 0 rings (SSSR count). The van der Waals surface area contributed by atoms with Crippen LogP contribution in [0.3, 0.4) is 0 Å². The van der Waals surface area contributed by atoms with Crippen LogP contribution < -0.4 is 5.32 Å². The lowest BCUT2D eigenvalue weighted by atomic mass is 9.78.